The van der Waals surface area contributed by atoms with Crippen molar-refractivity contribution in [2.75, 3.05) is 0 Å². The number of nitrogens with zero attached hydrogens (tertiary/aromatic N) is 1. The highest BCUT2D eigenvalue weighted by molar-refractivity contribution is 6.46. The molecule has 0 atom stereocenters. The fourth-order valence-corrected chi connectivity index (χ4v) is 2.67. The Morgan fingerprint density at radius 2 is 1.53 bits per heavy atom. The largest absolute Gasteiger partial charge is 0.198 e. The van der Waals surface area contributed by atoms with Crippen LogP contribution in [-0.4, -0.2) is 0 Å². The molecule has 0 aliphatic heterocycles. The molecule has 0 heterocycles. The van der Waals surface area contributed by atoms with Crippen LogP contribution in [-0.2, 0) is 6.42 Å². The molecule has 0 spiro atoms. The van der Waals surface area contributed by atoms with Crippen molar-refractivity contribution in [3.8, 4) is 17.2 Å². The number of rotatable bonds is 2. The van der Waals surface area contributed by atoms with Crippen LogP contribution in [0.3, 0.4) is 0 Å². The summed E-state index contributed by atoms with van der Waals surface area (Å²) in [6, 6.07) is 10.7. The zero-order valence-corrected chi connectivity index (χ0v) is 12.6. The Hall–Kier alpha value is -0.910. The van der Waals surface area contributed by atoms with E-state index < -0.39 is 0 Å². The minimum Gasteiger partial charge on any atom is -0.198 e. The molecule has 0 fully saturated rings. The van der Waals surface area contributed by atoms with Gasteiger partial charge in [0.05, 0.1) is 22.5 Å². The molecule has 0 amide bonds. The normalized spacial score (nSPS) is 10.3. The Morgan fingerprint density at radius 3 is 2.21 bits per heavy atom. The van der Waals surface area contributed by atoms with Crippen LogP contribution >= 0.6 is 46.4 Å². The van der Waals surface area contributed by atoms with Crippen LogP contribution in [0.25, 0.3) is 11.1 Å². The van der Waals surface area contributed by atoms with Gasteiger partial charge >= 0.3 is 0 Å². The van der Waals surface area contributed by atoms with E-state index in [-0.39, 0.29) is 6.42 Å². The molecular weight excluding hydrogens is 324 g/mol. The number of hydrogen-bond acceptors (Lipinski definition) is 1. The lowest BCUT2D eigenvalue weighted by Crippen LogP contribution is -1.88. The van der Waals surface area contributed by atoms with Gasteiger partial charge in [-0.25, -0.2) is 0 Å². The zero-order chi connectivity index (χ0) is 14.0. The predicted molar refractivity (Wildman–Crippen MR) is 81.2 cm³/mol. The van der Waals surface area contributed by atoms with Gasteiger partial charge in [-0.2, -0.15) is 5.26 Å². The summed E-state index contributed by atoms with van der Waals surface area (Å²) in [4.78, 5) is 0. The van der Waals surface area contributed by atoms with Crippen LogP contribution in [0.15, 0.2) is 30.3 Å². The Kier molecular flexibility index (Phi) is 4.60. The van der Waals surface area contributed by atoms with E-state index >= 15 is 0 Å². The van der Waals surface area contributed by atoms with Crippen molar-refractivity contribution in [2.24, 2.45) is 0 Å². The third-order valence-corrected chi connectivity index (χ3v) is 4.14. The van der Waals surface area contributed by atoms with Gasteiger partial charge in [-0.1, -0.05) is 52.5 Å². The molecule has 2 rings (SSSR count). The van der Waals surface area contributed by atoms with E-state index in [2.05, 4.69) is 6.07 Å². The van der Waals surface area contributed by atoms with Crippen LogP contribution in [0.5, 0.6) is 0 Å². The molecule has 0 bridgehead atoms. The Morgan fingerprint density at radius 1 is 0.895 bits per heavy atom. The summed E-state index contributed by atoms with van der Waals surface area (Å²) in [6.45, 7) is 0. The van der Waals surface area contributed by atoms with Gasteiger partial charge in [0.2, 0.25) is 0 Å². The van der Waals surface area contributed by atoms with Gasteiger partial charge in [-0.05, 0) is 35.4 Å². The van der Waals surface area contributed by atoms with E-state index in [0.29, 0.717) is 25.7 Å². The van der Waals surface area contributed by atoms with E-state index in [1.165, 1.54) is 0 Å². The quantitative estimate of drug-likeness (QED) is 0.616. The summed E-state index contributed by atoms with van der Waals surface area (Å²) in [5, 5.41) is 10.6. The first kappa shape index (κ1) is 14.5. The molecule has 19 heavy (non-hydrogen) atoms. The van der Waals surface area contributed by atoms with Gasteiger partial charge in [-0.15, -0.1) is 0 Å². The summed E-state index contributed by atoms with van der Waals surface area (Å²) in [6.07, 6.45) is 0.225. The van der Waals surface area contributed by atoms with Crippen molar-refractivity contribution >= 4 is 46.4 Å². The topological polar surface area (TPSA) is 23.8 Å². The smallest absolute Gasteiger partial charge is 0.0685 e. The highest BCUT2D eigenvalue weighted by atomic mass is 35.5. The van der Waals surface area contributed by atoms with E-state index in [1.54, 1.807) is 30.3 Å². The summed E-state index contributed by atoms with van der Waals surface area (Å²) in [5.41, 5.74) is 2.16. The van der Waals surface area contributed by atoms with E-state index in [4.69, 9.17) is 51.7 Å². The minimum atomic E-state index is 0.225. The standard InChI is InChI=1S/C14H7Cl4N/c15-10-2-1-9(7-8(10)5-6-19)13-11(16)3-4-12(17)14(13)18/h1-4,7H,5H2. The van der Waals surface area contributed by atoms with Gasteiger partial charge < -0.3 is 0 Å². The van der Waals surface area contributed by atoms with E-state index in [1.807, 2.05) is 0 Å². The van der Waals surface area contributed by atoms with Crippen molar-refractivity contribution in [3.05, 3.63) is 56.0 Å². The first-order valence-electron chi connectivity index (χ1n) is 5.34. The number of benzene rings is 2. The monoisotopic (exact) mass is 329 g/mol. The van der Waals surface area contributed by atoms with Crippen molar-refractivity contribution in [2.45, 2.75) is 6.42 Å². The van der Waals surface area contributed by atoms with Crippen molar-refractivity contribution in [1.82, 2.24) is 0 Å². The summed E-state index contributed by atoms with van der Waals surface area (Å²) in [5.74, 6) is 0. The van der Waals surface area contributed by atoms with Crippen molar-refractivity contribution < 1.29 is 0 Å². The van der Waals surface area contributed by atoms with Crippen LogP contribution in [0.4, 0.5) is 0 Å². The van der Waals surface area contributed by atoms with Crippen LogP contribution in [0.2, 0.25) is 20.1 Å². The maximum absolute atomic E-state index is 8.78. The SMILES string of the molecule is N#CCc1cc(-c2c(Cl)ccc(Cl)c2Cl)ccc1Cl. The van der Waals surface area contributed by atoms with Crippen LogP contribution < -0.4 is 0 Å². The first-order valence-corrected chi connectivity index (χ1v) is 6.85. The lowest BCUT2D eigenvalue weighted by molar-refractivity contribution is 1.26. The van der Waals surface area contributed by atoms with Gasteiger partial charge in [0.1, 0.15) is 0 Å². The lowest BCUT2D eigenvalue weighted by atomic mass is 10.0. The van der Waals surface area contributed by atoms with Crippen molar-refractivity contribution in [3.63, 3.8) is 0 Å². The molecule has 0 aliphatic carbocycles. The minimum absolute atomic E-state index is 0.225. The second-order valence-corrected chi connectivity index (χ2v) is 5.46. The molecule has 0 saturated carbocycles. The predicted octanol–water partition coefficient (Wildman–Crippen LogP) is 6.03. The molecule has 1 nitrogen and oxygen atoms in total. The molecule has 0 N–H and O–H groups in total. The average Bonchev–Trinajstić information content (AvgIpc) is 2.38. The van der Waals surface area contributed by atoms with E-state index in [0.717, 1.165) is 11.1 Å². The lowest BCUT2D eigenvalue weighted by Gasteiger charge is -2.10. The van der Waals surface area contributed by atoms with Gasteiger partial charge in [0, 0.05) is 15.6 Å². The molecule has 0 radical (unpaired) electrons. The molecule has 0 unspecified atom stereocenters. The maximum atomic E-state index is 8.78. The fraction of sp³-hybridized carbons (Fsp3) is 0.0714. The molecule has 0 saturated heterocycles. The molecule has 0 aromatic heterocycles. The number of halogens is 4. The summed E-state index contributed by atoms with van der Waals surface area (Å²) in [7, 11) is 0. The fourth-order valence-electron chi connectivity index (χ4n) is 1.74. The number of nitriles is 1. The Labute approximate surface area is 131 Å². The number of hydrogen-bond donors (Lipinski definition) is 0. The van der Waals surface area contributed by atoms with Crippen LogP contribution in [0, 0.1) is 11.3 Å². The summed E-state index contributed by atoms with van der Waals surface area (Å²) < 4.78 is 0. The molecule has 5 heteroatoms. The van der Waals surface area contributed by atoms with Crippen LogP contribution in [0.1, 0.15) is 5.56 Å². The highest BCUT2D eigenvalue weighted by Crippen LogP contribution is 2.39. The molecule has 96 valence electrons. The molecular formula is C14H7Cl4N. The summed E-state index contributed by atoms with van der Waals surface area (Å²) >= 11 is 24.4. The highest BCUT2D eigenvalue weighted by Gasteiger charge is 2.13. The average molecular weight is 331 g/mol. The van der Waals surface area contributed by atoms with Gasteiger partial charge in [-0.3, -0.25) is 0 Å². The molecule has 0 aliphatic rings. The van der Waals surface area contributed by atoms with Crippen molar-refractivity contribution in [1.29, 1.82) is 5.26 Å². The molecule has 2 aromatic rings. The third kappa shape index (κ3) is 2.99. The molecule has 2 aromatic carbocycles. The van der Waals surface area contributed by atoms with Gasteiger partial charge in [0.15, 0.2) is 0 Å². The maximum Gasteiger partial charge on any atom is 0.0685 e. The zero-order valence-electron chi connectivity index (χ0n) is 9.55. The van der Waals surface area contributed by atoms with E-state index in [9.17, 15) is 0 Å². The second kappa shape index (κ2) is 6.03. The Balaban J connectivity index is 2.63. The Bertz CT molecular complexity index is 674. The first-order chi connectivity index (χ1) is 9.04. The third-order valence-electron chi connectivity index (χ3n) is 2.65. The second-order valence-electron chi connectivity index (χ2n) is 3.86. The van der Waals surface area contributed by atoms with Gasteiger partial charge in [0.25, 0.3) is 0 Å².